The minimum Gasteiger partial charge on any atom is -0.339 e. The second-order valence-corrected chi connectivity index (χ2v) is 7.16. The van der Waals surface area contributed by atoms with Crippen molar-refractivity contribution in [1.82, 2.24) is 15.1 Å². The molecule has 1 aliphatic carbocycles. The Morgan fingerprint density at radius 3 is 2.67 bits per heavy atom. The maximum absolute atomic E-state index is 5.73. The van der Waals surface area contributed by atoms with Crippen molar-refractivity contribution < 1.29 is 4.52 Å². The van der Waals surface area contributed by atoms with Gasteiger partial charge in [-0.1, -0.05) is 5.16 Å². The molecule has 2 N–H and O–H groups in total. The van der Waals surface area contributed by atoms with E-state index in [-0.39, 0.29) is 0 Å². The maximum Gasteiger partial charge on any atom is 0.230 e. The fourth-order valence-corrected chi connectivity index (χ4v) is 3.89. The van der Waals surface area contributed by atoms with Crippen LogP contribution in [0.4, 0.5) is 0 Å². The molecule has 0 amide bonds. The minimum atomic E-state index is 0.350. The Kier molecular flexibility index (Phi) is 4.71. The van der Waals surface area contributed by atoms with Crippen LogP contribution in [0.15, 0.2) is 25.7 Å². The first-order chi connectivity index (χ1) is 10.2. The lowest BCUT2D eigenvalue weighted by Crippen LogP contribution is -2.20. The van der Waals surface area contributed by atoms with Crippen molar-refractivity contribution in [1.29, 1.82) is 0 Å². The van der Waals surface area contributed by atoms with E-state index in [1.807, 2.05) is 6.07 Å². The lowest BCUT2D eigenvalue weighted by atomic mass is 9.82. The van der Waals surface area contributed by atoms with Gasteiger partial charge in [0.25, 0.3) is 0 Å². The zero-order valence-corrected chi connectivity index (χ0v) is 14.6. The van der Waals surface area contributed by atoms with Gasteiger partial charge in [0.1, 0.15) is 5.69 Å². The molecule has 2 aromatic heterocycles. The molecular weight excluding hydrogens is 400 g/mol. The van der Waals surface area contributed by atoms with E-state index in [0.29, 0.717) is 23.4 Å². The van der Waals surface area contributed by atoms with Gasteiger partial charge in [-0.05, 0) is 76.1 Å². The van der Waals surface area contributed by atoms with Gasteiger partial charge >= 0.3 is 0 Å². The molecule has 0 aromatic carbocycles. The number of halogens is 2. The summed E-state index contributed by atoms with van der Waals surface area (Å²) in [5.74, 6) is 2.25. The lowest BCUT2D eigenvalue weighted by Gasteiger charge is -2.24. The predicted molar refractivity (Wildman–Crippen MR) is 86.7 cm³/mol. The molecule has 1 aliphatic rings. The van der Waals surface area contributed by atoms with Crippen molar-refractivity contribution in [2.24, 2.45) is 11.7 Å². The highest BCUT2D eigenvalue weighted by molar-refractivity contribution is 9.11. The Bertz CT molecular complexity index is 623. The minimum absolute atomic E-state index is 0.350. The number of pyridine rings is 1. The summed E-state index contributed by atoms with van der Waals surface area (Å²) in [6.07, 6.45) is 6.14. The number of nitrogens with two attached hydrogens (primary N) is 1. The molecule has 1 saturated carbocycles. The molecule has 2 aromatic rings. The van der Waals surface area contributed by atoms with Crippen LogP contribution in [0, 0.1) is 5.92 Å². The smallest absolute Gasteiger partial charge is 0.230 e. The molecule has 2 heterocycles. The van der Waals surface area contributed by atoms with E-state index in [4.69, 9.17) is 10.3 Å². The highest BCUT2D eigenvalue weighted by Crippen LogP contribution is 2.35. The first-order valence-corrected chi connectivity index (χ1v) is 8.61. The molecule has 5 nitrogen and oxygen atoms in total. The topological polar surface area (TPSA) is 77.8 Å². The van der Waals surface area contributed by atoms with Crippen LogP contribution in [-0.4, -0.2) is 21.7 Å². The zero-order valence-electron chi connectivity index (χ0n) is 11.4. The van der Waals surface area contributed by atoms with E-state index < -0.39 is 0 Å². The van der Waals surface area contributed by atoms with Crippen LogP contribution < -0.4 is 5.73 Å². The lowest BCUT2D eigenvalue weighted by molar-refractivity contribution is 0.275. The second-order valence-electron chi connectivity index (χ2n) is 5.39. The average Bonchev–Trinajstić information content (AvgIpc) is 2.97. The van der Waals surface area contributed by atoms with Crippen LogP contribution in [0.25, 0.3) is 11.5 Å². The van der Waals surface area contributed by atoms with Gasteiger partial charge in [0.05, 0.1) is 0 Å². The number of aromatic nitrogens is 3. The van der Waals surface area contributed by atoms with Gasteiger partial charge < -0.3 is 10.3 Å². The molecule has 0 saturated heterocycles. The summed E-state index contributed by atoms with van der Waals surface area (Å²) in [5, 5.41) is 4.07. The summed E-state index contributed by atoms with van der Waals surface area (Å²) in [6.45, 7) is 0.775. The first-order valence-electron chi connectivity index (χ1n) is 7.02. The fraction of sp³-hybridized carbons (Fsp3) is 0.500. The summed E-state index contributed by atoms with van der Waals surface area (Å²) in [5.41, 5.74) is 6.43. The molecular formula is C14H16Br2N4O. The summed E-state index contributed by atoms with van der Waals surface area (Å²) in [4.78, 5) is 8.87. The normalized spacial score (nSPS) is 22.4. The zero-order chi connectivity index (χ0) is 14.8. The standard InChI is InChI=1S/C14H16Br2N4O/c15-10-5-11(16)12(18-7-10)13-19-14(21-20-13)9-3-1-8(6-17)2-4-9/h5,7-9H,1-4,6,17H2. The Morgan fingerprint density at radius 2 is 2.00 bits per heavy atom. The summed E-state index contributed by atoms with van der Waals surface area (Å²) in [6, 6.07) is 1.92. The van der Waals surface area contributed by atoms with Crippen LogP contribution >= 0.6 is 31.9 Å². The number of hydrogen-bond donors (Lipinski definition) is 1. The van der Waals surface area contributed by atoms with Gasteiger partial charge in [-0.3, -0.25) is 4.98 Å². The maximum atomic E-state index is 5.73. The molecule has 112 valence electrons. The molecule has 0 atom stereocenters. The third-order valence-electron chi connectivity index (χ3n) is 3.99. The Balaban J connectivity index is 1.77. The van der Waals surface area contributed by atoms with Crippen molar-refractivity contribution in [2.45, 2.75) is 31.6 Å². The van der Waals surface area contributed by atoms with E-state index in [2.05, 4.69) is 47.0 Å². The van der Waals surface area contributed by atoms with E-state index in [9.17, 15) is 0 Å². The van der Waals surface area contributed by atoms with Gasteiger partial charge in [0.2, 0.25) is 11.7 Å². The largest absolute Gasteiger partial charge is 0.339 e. The third-order valence-corrected chi connectivity index (χ3v) is 5.03. The van der Waals surface area contributed by atoms with Gasteiger partial charge in [-0.25, -0.2) is 0 Å². The van der Waals surface area contributed by atoms with Gasteiger partial charge in [0, 0.05) is 21.1 Å². The van der Waals surface area contributed by atoms with Crippen LogP contribution in [0.2, 0.25) is 0 Å². The summed E-state index contributed by atoms with van der Waals surface area (Å²) >= 11 is 6.86. The Labute approximate surface area is 140 Å². The molecule has 0 unspecified atom stereocenters. The molecule has 3 rings (SSSR count). The molecule has 0 bridgehead atoms. The van der Waals surface area contributed by atoms with Crippen molar-refractivity contribution in [3.8, 4) is 11.5 Å². The van der Waals surface area contributed by atoms with E-state index in [1.54, 1.807) is 6.20 Å². The quantitative estimate of drug-likeness (QED) is 0.822. The number of hydrogen-bond acceptors (Lipinski definition) is 5. The summed E-state index contributed by atoms with van der Waals surface area (Å²) in [7, 11) is 0. The van der Waals surface area contributed by atoms with E-state index in [0.717, 1.165) is 47.1 Å². The average molecular weight is 416 g/mol. The molecule has 0 spiro atoms. The van der Waals surface area contributed by atoms with Crippen molar-refractivity contribution in [3.05, 3.63) is 27.1 Å². The van der Waals surface area contributed by atoms with Crippen LogP contribution in [-0.2, 0) is 0 Å². The SMILES string of the molecule is NCC1CCC(c2nc(-c3ncc(Br)cc3Br)no2)CC1. The van der Waals surface area contributed by atoms with Gasteiger partial charge in [-0.15, -0.1) is 0 Å². The molecule has 21 heavy (non-hydrogen) atoms. The van der Waals surface area contributed by atoms with Crippen molar-refractivity contribution >= 4 is 31.9 Å². The first kappa shape index (κ1) is 15.1. The Morgan fingerprint density at radius 1 is 1.24 bits per heavy atom. The molecule has 7 heteroatoms. The fourth-order valence-electron chi connectivity index (χ4n) is 2.72. The van der Waals surface area contributed by atoms with Crippen molar-refractivity contribution in [3.63, 3.8) is 0 Å². The Hall–Kier alpha value is -0.790. The summed E-state index contributed by atoms with van der Waals surface area (Å²) < 4.78 is 7.20. The monoisotopic (exact) mass is 414 g/mol. The van der Waals surface area contributed by atoms with Crippen LogP contribution in [0.3, 0.4) is 0 Å². The van der Waals surface area contributed by atoms with Gasteiger partial charge in [-0.2, -0.15) is 4.98 Å². The molecule has 0 aliphatic heterocycles. The molecule has 0 radical (unpaired) electrons. The second kappa shape index (κ2) is 6.54. The van der Waals surface area contributed by atoms with E-state index in [1.165, 1.54) is 0 Å². The third kappa shape index (κ3) is 3.35. The molecule has 1 fully saturated rings. The predicted octanol–water partition coefficient (Wildman–Crippen LogP) is 3.89. The highest BCUT2D eigenvalue weighted by Gasteiger charge is 2.26. The number of rotatable bonds is 3. The highest BCUT2D eigenvalue weighted by atomic mass is 79.9. The van der Waals surface area contributed by atoms with Crippen molar-refractivity contribution in [2.75, 3.05) is 6.54 Å². The van der Waals surface area contributed by atoms with Crippen LogP contribution in [0.1, 0.15) is 37.5 Å². The van der Waals surface area contributed by atoms with E-state index >= 15 is 0 Å². The van der Waals surface area contributed by atoms with Gasteiger partial charge in [0.15, 0.2) is 0 Å². The number of nitrogens with zero attached hydrogens (tertiary/aromatic N) is 3. The van der Waals surface area contributed by atoms with Crippen LogP contribution in [0.5, 0.6) is 0 Å².